The number of hydrogen-bond acceptors (Lipinski definition) is 9. The summed E-state index contributed by atoms with van der Waals surface area (Å²) in [6.45, 7) is 4.67. The summed E-state index contributed by atoms with van der Waals surface area (Å²) in [5, 5.41) is 32.2. The summed E-state index contributed by atoms with van der Waals surface area (Å²) in [6.07, 6.45) is 7.32. The molecule has 11 nitrogen and oxygen atoms in total. The van der Waals surface area contributed by atoms with Gasteiger partial charge in [-0.3, -0.25) is 19.5 Å². The van der Waals surface area contributed by atoms with Crippen LogP contribution in [0, 0.1) is 24.2 Å². The van der Waals surface area contributed by atoms with Crippen molar-refractivity contribution in [1.82, 2.24) is 25.5 Å². The van der Waals surface area contributed by atoms with Gasteiger partial charge in [-0.05, 0) is 103 Å². The number of hydrogen-bond donors (Lipinski definition) is 4. The van der Waals surface area contributed by atoms with Crippen LogP contribution in [0.15, 0.2) is 77.5 Å². The number of carbonyl (C=O) groups excluding carboxylic acids is 1. The molecule has 2 aliphatic heterocycles. The molecule has 0 saturated carbocycles. The van der Waals surface area contributed by atoms with E-state index >= 15 is 0 Å². The first kappa shape index (κ1) is 35.9. The normalized spacial score (nSPS) is 19.4. The zero-order valence-electron chi connectivity index (χ0n) is 30.9. The van der Waals surface area contributed by atoms with Crippen LogP contribution in [0.4, 0.5) is 11.5 Å². The van der Waals surface area contributed by atoms with Gasteiger partial charge in [-0.25, -0.2) is 4.98 Å². The highest BCUT2D eigenvalue weighted by Crippen LogP contribution is 2.46. The molecule has 3 aromatic heterocycles. The molecule has 9 rings (SSSR count). The molecule has 1 amide bonds. The van der Waals surface area contributed by atoms with Crippen molar-refractivity contribution in [2.75, 3.05) is 25.0 Å². The number of carbonyl (C=O) groups is 2. The summed E-state index contributed by atoms with van der Waals surface area (Å²) < 4.78 is 6.47. The second-order valence-corrected chi connectivity index (χ2v) is 15.5. The van der Waals surface area contributed by atoms with Crippen LogP contribution in [-0.2, 0) is 22.6 Å². The molecule has 1 aliphatic carbocycles. The molecule has 3 aromatic carbocycles. The molecular formula is C44H40ClN7O4. The molecule has 0 unspecified atom stereocenters. The smallest absolute Gasteiger partial charge is 0.307 e. The van der Waals surface area contributed by atoms with Gasteiger partial charge in [0.2, 0.25) is 5.91 Å². The molecule has 56 heavy (non-hydrogen) atoms. The van der Waals surface area contributed by atoms with Crippen LogP contribution >= 0.6 is 11.6 Å². The van der Waals surface area contributed by atoms with Crippen LogP contribution < -0.4 is 16.0 Å². The molecule has 0 bridgehead atoms. The highest BCUT2D eigenvalue weighted by atomic mass is 35.5. The number of nitriles is 1. The number of halogens is 1. The van der Waals surface area contributed by atoms with Gasteiger partial charge in [0.1, 0.15) is 17.3 Å². The van der Waals surface area contributed by atoms with Crippen molar-refractivity contribution in [3.63, 3.8) is 0 Å². The van der Waals surface area contributed by atoms with Crippen molar-refractivity contribution < 1.29 is 19.1 Å². The molecule has 3 aliphatic rings. The monoisotopic (exact) mass is 765 g/mol. The summed E-state index contributed by atoms with van der Waals surface area (Å²) in [7, 11) is 0. The van der Waals surface area contributed by atoms with E-state index in [2.05, 4.69) is 44.0 Å². The zero-order valence-corrected chi connectivity index (χ0v) is 31.6. The van der Waals surface area contributed by atoms with Crippen LogP contribution in [0.3, 0.4) is 0 Å². The van der Waals surface area contributed by atoms with E-state index in [4.69, 9.17) is 21.0 Å². The average Bonchev–Trinajstić information content (AvgIpc) is 4.02. The Bertz CT molecular complexity index is 2600. The number of likely N-dealkylation sites (tertiary alicyclic amines) is 1. The molecule has 12 heteroatoms. The predicted octanol–water partition coefficient (Wildman–Crippen LogP) is 8.05. The summed E-state index contributed by atoms with van der Waals surface area (Å²) in [5.74, 6) is 0.230. The lowest BCUT2D eigenvalue weighted by atomic mass is 9.96. The standard InChI is InChI=1S/C44H40ClN7O4/c1-24-30(4-3-7-36(24)51-43-41-26(12-14-48-43)16-25(21-49-41)20-47-22-29-8-11-39(53)50-29)32-5-2-6-33(40(32)45)38-18-28-17-34-31(35(19-46)42(28)56-38)9-10-37(34)52-15-13-27(23-52)44(54)55/h2-7,12,14,16-18,21,27,29,37,47H,8-11,13,15,20,22-23H2,1H3,(H,48,51)(H,50,53)(H,54,55)/t27-,29+,37-/m1/s1. The largest absolute Gasteiger partial charge is 0.481 e. The molecule has 2 fully saturated rings. The number of nitrogens with one attached hydrogen (secondary N) is 3. The van der Waals surface area contributed by atoms with Crippen molar-refractivity contribution in [3.8, 4) is 28.5 Å². The summed E-state index contributed by atoms with van der Waals surface area (Å²) in [5.41, 5.74) is 9.34. The minimum absolute atomic E-state index is 0.0819. The molecule has 6 aromatic rings. The third kappa shape index (κ3) is 6.53. The topological polar surface area (TPSA) is 156 Å². The van der Waals surface area contributed by atoms with Gasteiger partial charge in [0.05, 0.1) is 16.5 Å². The third-order valence-electron chi connectivity index (χ3n) is 11.7. The summed E-state index contributed by atoms with van der Waals surface area (Å²) >= 11 is 7.24. The van der Waals surface area contributed by atoms with Gasteiger partial charge in [-0.15, -0.1) is 0 Å². The minimum atomic E-state index is -0.748. The van der Waals surface area contributed by atoms with Crippen molar-refractivity contribution in [1.29, 1.82) is 5.26 Å². The highest BCUT2D eigenvalue weighted by molar-refractivity contribution is 6.36. The Hall–Kier alpha value is -5.80. The summed E-state index contributed by atoms with van der Waals surface area (Å²) in [6, 6.07) is 22.7. The van der Waals surface area contributed by atoms with Gasteiger partial charge < -0.3 is 25.5 Å². The second kappa shape index (κ2) is 14.7. The maximum Gasteiger partial charge on any atom is 0.307 e. The Balaban J connectivity index is 0.978. The number of anilines is 2. The molecule has 0 radical (unpaired) electrons. The fourth-order valence-electron chi connectivity index (χ4n) is 8.78. The SMILES string of the molecule is Cc1c(Nc2nccc3cc(CNC[C@@H]4CCC(=O)N4)cnc23)cccc1-c1cccc(-c2cc3cc4c(c(C#N)c3o2)CC[C@H]4N2CC[C@@H](C(=O)O)C2)c1Cl. The van der Waals surface area contributed by atoms with Gasteiger partial charge in [0, 0.05) is 78.1 Å². The molecule has 3 atom stereocenters. The maximum absolute atomic E-state index is 11.7. The molecule has 4 N–H and O–H groups in total. The second-order valence-electron chi connectivity index (χ2n) is 15.1. The fourth-order valence-corrected chi connectivity index (χ4v) is 9.11. The van der Waals surface area contributed by atoms with Gasteiger partial charge >= 0.3 is 5.97 Å². The van der Waals surface area contributed by atoms with Crippen LogP contribution in [0.5, 0.6) is 0 Å². The minimum Gasteiger partial charge on any atom is -0.481 e. The van der Waals surface area contributed by atoms with Gasteiger partial charge in [0.15, 0.2) is 11.4 Å². The molecule has 2 saturated heterocycles. The van der Waals surface area contributed by atoms with E-state index < -0.39 is 5.97 Å². The zero-order chi connectivity index (χ0) is 38.5. The average molecular weight is 766 g/mol. The van der Waals surface area contributed by atoms with E-state index in [9.17, 15) is 20.0 Å². The number of amides is 1. The van der Waals surface area contributed by atoms with E-state index in [1.807, 2.05) is 61.7 Å². The lowest BCUT2D eigenvalue weighted by Crippen LogP contribution is -2.35. The Labute approximate surface area is 328 Å². The van der Waals surface area contributed by atoms with Gasteiger partial charge in [-0.1, -0.05) is 35.9 Å². The Kier molecular flexibility index (Phi) is 9.41. The number of fused-ring (bicyclic) bond motifs is 3. The molecular weight excluding hydrogens is 726 g/mol. The molecule has 282 valence electrons. The third-order valence-corrected chi connectivity index (χ3v) is 12.1. The van der Waals surface area contributed by atoms with Crippen LogP contribution in [0.25, 0.3) is 44.3 Å². The molecule has 5 heterocycles. The first-order chi connectivity index (χ1) is 27.2. The number of furan rings is 1. The van der Waals surface area contributed by atoms with Crippen molar-refractivity contribution >= 4 is 56.9 Å². The maximum atomic E-state index is 11.7. The fraction of sp³-hybridized carbons (Fsp3) is 0.295. The molecule has 0 spiro atoms. The number of carboxylic acid groups (broad SMARTS) is 1. The lowest BCUT2D eigenvalue weighted by Gasteiger charge is -2.24. The Morgan fingerprint density at radius 3 is 2.70 bits per heavy atom. The number of nitrogens with zero attached hydrogens (tertiary/aromatic N) is 4. The van der Waals surface area contributed by atoms with E-state index in [0.717, 1.165) is 93.3 Å². The Morgan fingerprint density at radius 1 is 1.05 bits per heavy atom. The number of aromatic nitrogens is 2. The van der Waals surface area contributed by atoms with Crippen molar-refractivity contribution in [3.05, 3.63) is 106 Å². The van der Waals surface area contributed by atoms with E-state index in [1.165, 1.54) is 0 Å². The first-order valence-corrected chi connectivity index (χ1v) is 19.5. The first-order valence-electron chi connectivity index (χ1n) is 19.1. The number of rotatable bonds is 10. The van der Waals surface area contributed by atoms with Crippen LogP contribution in [0.1, 0.15) is 59.5 Å². The van der Waals surface area contributed by atoms with Crippen LogP contribution in [-0.4, -0.2) is 57.5 Å². The van der Waals surface area contributed by atoms with Gasteiger partial charge in [-0.2, -0.15) is 5.26 Å². The van der Waals surface area contributed by atoms with E-state index in [0.29, 0.717) is 53.7 Å². The van der Waals surface area contributed by atoms with E-state index in [-0.39, 0.29) is 23.9 Å². The summed E-state index contributed by atoms with van der Waals surface area (Å²) in [4.78, 5) is 34.9. The van der Waals surface area contributed by atoms with Crippen molar-refractivity contribution in [2.45, 2.75) is 57.7 Å². The highest BCUT2D eigenvalue weighted by Gasteiger charge is 2.37. The Morgan fingerprint density at radius 2 is 1.89 bits per heavy atom. The number of benzene rings is 3. The lowest BCUT2D eigenvalue weighted by molar-refractivity contribution is -0.141. The van der Waals surface area contributed by atoms with E-state index in [1.54, 1.807) is 6.20 Å². The number of carboxylic acids is 1. The van der Waals surface area contributed by atoms with Crippen molar-refractivity contribution in [2.24, 2.45) is 5.92 Å². The quantitative estimate of drug-likeness (QED) is 0.108. The number of aliphatic carboxylic acids is 1. The van der Waals surface area contributed by atoms with Crippen LogP contribution in [0.2, 0.25) is 5.02 Å². The number of pyridine rings is 2. The predicted molar refractivity (Wildman–Crippen MR) is 216 cm³/mol. The van der Waals surface area contributed by atoms with Gasteiger partial charge in [0.25, 0.3) is 0 Å².